The Morgan fingerprint density at radius 2 is 2.41 bits per heavy atom. The maximum Gasteiger partial charge on any atom is 0.242 e. The lowest BCUT2D eigenvalue weighted by Gasteiger charge is -2.13. The van der Waals surface area contributed by atoms with Crippen molar-refractivity contribution in [2.75, 3.05) is 12.4 Å². The molecule has 1 rings (SSSR count). The summed E-state index contributed by atoms with van der Waals surface area (Å²) in [6.45, 7) is 0. The molecule has 1 amide bonds. The number of nitrogens with one attached hydrogen (secondary N) is 1. The highest BCUT2D eigenvalue weighted by atomic mass is 79.9. The van der Waals surface area contributed by atoms with Crippen LogP contribution in [0.4, 0.5) is 5.69 Å². The minimum Gasteiger partial charge on any atom is -0.495 e. The summed E-state index contributed by atoms with van der Waals surface area (Å²) < 4.78 is 5.96. The molecule has 0 saturated carbocycles. The number of rotatable bonds is 4. The SMILES string of the molecule is C#CCC(N)C(=O)Nc1cc(Br)ccc1OC. The summed E-state index contributed by atoms with van der Waals surface area (Å²) in [6.07, 6.45) is 5.30. The minimum atomic E-state index is -0.719. The molecule has 1 aromatic carbocycles. The van der Waals surface area contributed by atoms with E-state index in [4.69, 9.17) is 16.9 Å². The number of halogens is 1. The topological polar surface area (TPSA) is 64.4 Å². The molecule has 0 aliphatic rings. The van der Waals surface area contributed by atoms with Crippen molar-refractivity contribution in [2.45, 2.75) is 12.5 Å². The summed E-state index contributed by atoms with van der Waals surface area (Å²) in [5.41, 5.74) is 6.15. The van der Waals surface area contributed by atoms with Crippen LogP contribution < -0.4 is 15.8 Å². The third kappa shape index (κ3) is 3.77. The normalized spacial score (nSPS) is 11.4. The number of carbonyl (C=O) groups excluding carboxylic acids is 1. The van der Waals surface area contributed by atoms with Crippen molar-refractivity contribution in [1.82, 2.24) is 0 Å². The Hall–Kier alpha value is -1.51. The number of anilines is 1. The average Bonchev–Trinajstić information content (AvgIpc) is 2.29. The van der Waals surface area contributed by atoms with Crippen molar-refractivity contribution in [3.8, 4) is 18.1 Å². The Kier molecular flexibility index (Phi) is 5.01. The molecule has 0 aliphatic heterocycles. The van der Waals surface area contributed by atoms with Crippen LogP contribution in [0.25, 0.3) is 0 Å². The van der Waals surface area contributed by atoms with E-state index in [-0.39, 0.29) is 12.3 Å². The lowest BCUT2D eigenvalue weighted by molar-refractivity contribution is -0.117. The number of amides is 1. The van der Waals surface area contributed by atoms with Gasteiger partial charge in [0.15, 0.2) is 0 Å². The highest BCUT2D eigenvalue weighted by Gasteiger charge is 2.14. The van der Waals surface area contributed by atoms with E-state index in [0.717, 1.165) is 4.47 Å². The second-order valence-corrected chi connectivity index (χ2v) is 4.26. The predicted molar refractivity (Wildman–Crippen MR) is 70.7 cm³/mol. The summed E-state index contributed by atoms with van der Waals surface area (Å²) in [5.74, 6) is 2.58. The third-order valence-corrected chi connectivity index (χ3v) is 2.59. The molecule has 1 aromatic rings. The lowest BCUT2D eigenvalue weighted by atomic mass is 10.2. The van der Waals surface area contributed by atoms with Crippen LogP contribution in [0.2, 0.25) is 0 Å². The molecule has 0 aliphatic carbocycles. The molecule has 0 aromatic heterocycles. The molecule has 0 bridgehead atoms. The van der Waals surface area contributed by atoms with E-state index in [9.17, 15) is 4.79 Å². The van der Waals surface area contributed by atoms with Crippen LogP contribution in [0.5, 0.6) is 5.75 Å². The van der Waals surface area contributed by atoms with Gasteiger partial charge in [0.1, 0.15) is 5.75 Å². The fraction of sp³-hybridized carbons (Fsp3) is 0.250. The Labute approximate surface area is 109 Å². The number of carbonyl (C=O) groups is 1. The highest BCUT2D eigenvalue weighted by Crippen LogP contribution is 2.27. The highest BCUT2D eigenvalue weighted by molar-refractivity contribution is 9.10. The van der Waals surface area contributed by atoms with Gasteiger partial charge in [-0.2, -0.15) is 0 Å². The standard InChI is InChI=1S/C12H13BrN2O2/c1-3-4-9(14)12(16)15-10-7-8(13)5-6-11(10)17-2/h1,5-7,9H,4,14H2,2H3,(H,15,16). The Balaban J connectivity index is 2.84. The van der Waals surface area contributed by atoms with Crippen molar-refractivity contribution in [2.24, 2.45) is 5.73 Å². The largest absolute Gasteiger partial charge is 0.495 e. The summed E-state index contributed by atoms with van der Waals surface area (Å²) in [5, 5.41) is 2.67. The van der Waals surface area contributed by atoms with Gasteiger partial charge < -0.3 is 15.8 Å². The van der Waals surface area contributed by atoms with Crippen LogP contribution in [-0.4, -0.2) is 19.1 Å². The molecule has 17 heavy (non-hydrogen) atoms. The average molecular weight is 297 g/mol. The Morgan fingerprint density at radius 3 is 3.00 bits per heavy atom. The number of ether oxygens (including phenoxy) is 1. The molecule has 3 N–H and O–H groups in total. The number of terminal acetylenes is 1. The van der Waals surface area contributed by atoms with Gasteiger partial charge in [0.05, 0.1) is 18.8 Å². The molecule has 1 unspecified atom stereocenters. The first-order valence-corrected chi connectivity index (χ1v) is 5.71. The van der Waals surface area contributed by atoms with E-state index in [1.165, 1.54) is 7.11 Å². The molecule has 0 fully saturated rings. The number of hydrogen-bond acceptors (Lipinski definition) is 3. The first-order valence-electron chi connectivity index (χ1n) is 4.92. The summed E-state index contributed by atoms with van der Waals surface area (Å²) in [4.78, 5) is 11.7. The smallest absolute Gasteiger partial charge is 0.242 e. The summed E-state index contributed by atoms with van der Waals surface area (Å²) >= 11 is 3.31. The monoisotopic (exact) mass is 296 g/mol. The number of nitrogens with two attached hydrogens (primary N) is 1. The van der Waals surface area contributed by atoms with Gasteiger partial charge in [0.2, 0.25) is 5.91 Å². The first-order chi connectivity index (χ1) is 8.08. The van der Waals surface area contributed by atoms with Gasteiger partial charge in [-0.3, -0.25) is 4.79 Å². The van der Waals surface area contributed by atoms with Crippen LogP contribution in [0, 0.1) is 12.3 Å². The molecular weight excluding hydrogens is 284 g/mol. The minimum absolute atomic E-state index is 0.197. The van der Waals surface area contributed by atoms with E-state index in [1.807, 2.05) is 6.07 Å². The van der Waals surface area contributed by atoms with Crippen molar-refractivity contribution < 1.29 is 9.53 Å². The van der Waals surface area contributed by atoms with E-state index in [1.54, 1.807) is 12.1 Å². The molecule has 0 radical (unpaired) electrons. The summed E-state index contributed by atoms with van der Waals surface area (Å²) in [6, 6.07) is 4.57. The predicted octanol–water partition coefficient (Wildman–Crippen LogP) is 1.75. The van der Waals surface area contributed by atoms with Gasteiger partial charge in [0.25, 0.3) is 0 Å². The van der Waals surface area contributed by atoms with Gasteiger partial charge in [-0.25, -0.2) is 0 Å². The number of methoxy groups -OCH3 is 1. The molecule has 0 heterocycles. The second-order valence-electron chi connectivity index (χ2n) is 3.35. The molecule has 0 spiro atoms. The first kappa shape index (κ1) is 13.6. The molecule has 4 nitrogen and oxygen atoms in total. The van der Waals surface area contributed by atoms with Gasteiger partial charge in [-0.1, -0.05) is 15.9 Å². The van der Waals surface area contributed by atoms with Crippen molar-refractivity contribution >= 4 is 27.5 Å². The molecule has 5 heteroatoms. The molecular formula is C12H13BrN2O2. The Morgan fingerprint density at radius 1 is 1.71 bits per heavy atom. The third-order valence-electron chi connectivity index (χ3n) is 2.09. The van der Waals surface area contributed by atoms with Gasteiger partial charge >= 0.3 is 0 Å². The van der Waals surface area contributed by atoms with E-state index in [0.29, 0.717) is 11.4 Å². The number of hydrogen-bond donors (Lipinski definition) is 2. The molecule has 1 atom stereocenters. The van der Waals surface area contributed by atoms with Crippen LogP contribution in [0.15, 0.2) is 22.7 Å². The number of benzene rings is 1. The van der Waals surface area contributed by atoms with E-state index >= 15 is 0 Å². The van der Waals surface area contributed by atoms with E-state index < -0.39 is 6.04 Å². The van der Waals surface area contributed by atoms with Crippen LogP contribution in [-0.2, 0) is 4.79 Å². The zero-order chi connectivity index (χ0) is 12.8. The van der Waals surface area contributed by atoms with Crippen molar-refractivity contribution in [3.63, 3.8) is 0 Å². The fourth-order valence-electron chi connectivity index (χ4n) is 1.22. The fourth-order valence-corrected chi connectivity index (χ4v) is 1.58. The molecule has 90 valence electrons. The second kappa shape index (κ2) is 6.28. The van der Waals surface area contributed by atoms with Gasteiger partial charge in [0, 0.05) is 10.9 Å². The lowest BCUT2D eigenvalue weighted by Crippen LogP contribution is -2.35. The van der Waals surface area contributed by atoms with Crippen LogP contribution in [0.1, 0.15) is 6.42 Å². The zero-order valence-corrected chi connectivity index (χ0v) is 11.0. The quantitative estimate of drug-likeness (QED) is 0.832. The van der Waals surface area contributed by atoms with Crippen molar-refractivity contribution in [1.29, 1.82) is 0 Å². The van der Waals surface area contributed by atoms with Crippen molar-refractivity contribution in [3.05, 3.63) is 22.7 Å². The zero-order valence-electron chi connectivity index (χ0n) is 9.37. The summed E-state index contributed by atoms with van der Waals surface area (Å²) in [7, 11) is 1.53. The van der Waals surface area contributed by atoms with Gasteiger partial charge in [-0.15, -0.1) is 12.3 Å². The maximum atomic E-state index is 11.7. The van der Waals surface area contributed by atoms with Crippen LogP contribution in [0.3, 0.4) is 0 Å². The van der Waals surface area contributed by atoms with E-state index in [2.05, 4.69) is 27.2 Å². The van der Waals surface area contributed by atoms with Crippen LogP contribution >= 0.6 is 15.9 Å². The maximum absolute atomic E-state index is 11.7. The Bertz CT molecular complexity index is 454. The molecule has 0 saturated heterocycles. The van der Waals surface area contributed by atoms with Gasteiger partial charge in [-0.05, 0) is 18.2 Å².